The highest BCUT2D eigenvalue weighted by Gasteiger charge is 2.21. The molecular weight excluding hydrogens is 308 g/mol. The van der Waals surface area contributed by atoms with E-state index in [4.69, 9.17) is 11.6 Å². The number of fused-ring (bicyclic) bond motifs is 1. The quantitative estimate of drug-likeness (QED) is 0.882. The summed E-state index contributed by atoms with van der Waals surface area (Å²) in [6.07, 6.45) is 3.89. The first kappa shape index (κ1) is 14.7. The molecule has 0 saturated carbocycles. The minimum atomic E-state index is 0.179. The largest absolute Gasteiger partial charge is 0.342 e. The summed E-state index contributed by atoms with van der Waals surface area (Å²) in [5.74, 6) is 1.18. The van der Waals surface area contributed by atoms with E-state index >= 15 is 0 Å². The van der Waals surface area contributed by atoms with Crippen molar-refractivity contribution in [2.24, 2.45) is 5.92 Å². The van der Waals surface area contributed by atoms with Crippen LogP contribution < -0.4 is 0 Å². The molecule has 1 unspecified atom stereocenters. The van der Waals surface area contributed by atoms with E-state index in [9.17, 15) is 4.79 Å². The third-order valence-electron chi connectivity index (χ3n) is 3.62. The summed E-state index contributed by atoms with van der Waals surface area (Å²) < 4.78 is 0. The van der Waals surface area contributed by atoms with E-state index in [2.05, 4.69) is 21.9 Å². The van der Waals surface area contributed by atoms with Crippen molar-refractivity contribution < 1.29 is 4.79 Å². The van der Waals surface area contributed by atoms with Gasteiger partial charge >= 0.3 is 0 Å². The molecule has 1 N–H and O–H groups in total. The number of piperidine rings is 1. The topological polar surface area (TPSA) is 61.9 Å². The number of thioether (sulfide) groups is 1. The van der Waals surface area contributed by atoms with Gasteiger partial charge in [-0.25, -0.2) is 9.97 Å². The van der Waals surface area contributed by atoms with Crippen molar-refractivity contribution in [3.8, 4) is 0 Å². The van der Waals surface area contributed by atoms with Crippen LogP contribution in [0.2, 0.25) is 5.02 Å². The van der Waals surface area contributed by atoms with Crippen molar-refractivity contribution in [1.29, 1.82) is 0 Å². The summed E-state index contributed by atoms with van der Waals surface area (Å²) in [4.78, 5) is 25.8. The first-order valence-corrected chi connectivity index (χ1v) is 8.40. The van der Waals surface area contributed by atoms with Crippen LogP contribution >= 0.6 is 23.4 Å². The summed E-state index contributed by atoms with van der Waals surface area (Å²) >= 11 is 7.31. The summed E-state index contributed by atoms with van der Waals surface area (Å²) in [5.41, 5.74) is 1.42. The number of nitrogens with one attached hydrogen (secondary N) is 1. The van der Waals surface area contributed by atoms with Gasteiger partial charge in [-0.3, -0.25) is 4.79 Å². The lowest BCUT2D eigenvalue weighted by Gasteiger charge is -2.30. The molecule has 0 bridgehead atoms. The highest BCUT2D eigenvalue weighted by Crippen LogP contribution is 2.22. The average Bonchev–Trinajstić information content (AvgIpc) is 2.86. The van der Waals surface area contributed by atoms with Crippen molar-refractivity contribution in [2.45, 2.75) is 24.9 Å². The number of nitrogens with zero attached hydrogens (tertiary/aromatic N) is 3. The summed E-state index contributed by atoms with van der Waals surface area (Å²) in [7, 11) is 0. The Balaban J connectivity index is 1.61. The maximum atomic E-state index is 12.2. The van der Waals surface area contributed by atoms with Crippen LogP contribution in [-0.4, -0.2) is 44.6 Å². The molecule has 112 valence electrons. The number of aromatic nitrogens is 3. The van der Waals surface area contributed by atoms with Gasteiger partial charge in [0, 0.05) is 19.3 Å². The Kier molecular flexibility index (Phi) is 4.35. The number of amides is 1. The maximum absolute atomic E-state index is 12.2. The minimum absolute atomic E-state index is 0.179. The second kappa shape index (κ2) is 6.23. The van der Waals surface area contributed by atoms with E-state index in [1.165, 1.54) is 18.2 Å². The fourth-order valence-corrected chi connectivity index (χ4v) is 3.49. The molecule has 1 aliphatic rings. The SMILES string of the molecule is CC1CCCN(C(=O)CSc2nc3ncc(Cl)cc3[nH]2)C1. The highest BCUT2D eigenvalue weighted by atomic mass is 35.5. The first-order chi connectivity index (χ1) is 10.1. The number of pyridine rings is 1. The number of H-pyrrole nitrogens is 1. The molecule has 1 fully saturated rings. The van der Waals surface area contributed by atoms with Crippen LogP contribution in [0.3, 0.4) is 0 Å². The van der Waals surface area contributed by atoms with Crippen LogP contribution in [0, 0.1) is 5.92 Å². The number of aromatic amines is 1. The Bertz CT molecular complexity index is 659. The number of hydrogen-bond donors (Lipinski definition) is 1. The molecule has 1 amide bonds. The number of imidazole rings is 1. The molecule has 5 nitrogen and oxygen atoms in total. The number of likely N-dealkylation sites (tertiary alicyclic amines) is 1. The third kappa shape index (κ3) is 3.49. The molecule has 0 radical (unpaired) electrons. The van der Waals surface area contributed by atoms with E-state index in [0.717, 1.165) is 25.0 Å². The molecule has 2 aromatic rings. The Morgan fingerprint density at radius 1 is 1.62 bits per heavy atom. The number of carbonyl (C=O) groups excluding carboxylic acids is 1. The van der Waals surface area contributed by atoms with Crippen LogP contribution in [0.1, 0.15) is 19.8 Å². The standard InChI is InChI=1S/C14H17ClN4OS/c1-9-3-2-4-19(7-9)12(20)8-21-14-17-11-5-10(15)6-16-13(11)18-14/h5-6,9H,2-4,7-8H2,1H3,(H,16,17,18). The van der Waals surface area contributed by atoms with E-state index in [1.807, 2.05) is 4.90 Å². The average molecular weight is 325 g/mol. The Labute approximate surface area is 132 Å². The lowest BCUT2D eigenvalue weighted by Crippen LogP contribution is -2.40. The minimum Gasteiger partial charge on any atom is -0.342 e. The second-order valence-electron chi connectivity index (χ2n) is 5.44. The van der Waals surface area contributed by atoms with Gasteiger partial charge in [-0.05, 0) is 24.8 Å². The number of halogens is 1. The summed E-state index contributed by atoms with van der Waals surface area (Å²) in [5, 5.41) is 1.28. The van der Waals surface area contributed by atoms with Gasteiger partial charge in [0.25, 0.3) is 0 Å². The molecule has 0 spiro atoms. The summed E-state index contributed by atoms with van der Waals surface area (Å²) in [6, 6.07) is 1.79. The lowest BCUT2D eigenvalue weighted by atomic mass is 10.0. The van der Waals surface area contributed by atoms with Gasteiger partial charge in [0.1, 0.15) is 0 Å². The smallest absolute Gasteiger partial charge is 0.233 e. The Morgan fingerprint density at radius 3 is 3.29 bits per heavy atom. The van der Waals surface area contributed by atoms with Crippen LogP contribution in [-0.2, 0) is 4.79 Å². The van der Waals surface area contributed by atoms with Crippen LogP contribution in [0.4, 0.5) is 0 Å². The zero-order valence-corrected chi connectivity index (χ0v) is 13.4. The molecule has 7 heteroatoms. The molecule has 1 saturated heterocycles. The van der Waals surface area contributed by atoms with E-state index in [1.54, 1.807) is 12.3 Å². The Hall–Kier alpha value is -1.27. The predicted molar refractivity (Wildman–Crippen MR) is 84.6 cm³/mol. The van der Waals surface area contributed by atoms with Crippen LogP contribution in [0.5, 0.6) is 0 Å². The third-order valence-corrected chi connectivity index (χ3v) is 4.69. The fourth-order valence-electron chi connectivity index (χ4n) is 2.56. The van der Waals surface area contributed by atoms with Gasteiger partial charge in [0.05, 0.1) is 16.3 Å². The number of carbonyl (C=O) groups is 1. The van der Waals surface area contributed by atoms with Crippen LogP contribution in [0.15, 0.2) is 17.4 Å². The predicted octanol–water partition coefficient (Wildman–Crippen LogP) is 2.96. The van der Waals surface area contributed by atoms with Gasteiger partial charge in [-0.2, -0.15) is 0 Å². The number of hydrogen-bond acceptors (Lipinski definition) is 4. The van der Waals surface area contributed by atoms with Gasteiger partial charge in [0.2, 0.25) is 5.91 Å². The van der Waals surface area contributed by atoms with Gasteiger partial charge < -0.3 is 9.88 Å². The molecule has 2 aromatic heterocycles. The van der Waals surface area contributed by atoms with Gasteiger partial charge in [-0.1, -0.05) is 30.3 Å². The molecule has 21 heavy (non-hydrogen) atoms. The zero-order chi connectivity index (χ0) is 14.8. The molecular formula is C14H17ClN4OS. The summed E-state index contributed by atoms with van der Waals surface area (Å²) in [6.45, 7) is 3.94. The number of rotatable bonds is 3. The molecule has 0 aromatic carbocycles. The fraction of sp³-hybridized carbons (Fsp3) is 0.500. The van der Waals surface area contributed by atoms with Crippen LogP contribution in [0.25, 0.3) is 11.2 Å². The molecule has 3 rings (SSSR count). The zero-order valence-electron chi connectivity index (χ0n) is 11.8. The Morgan fingerprint density at radius 2 is 2.48 bits per heavy atom. The van der Waals surface area contributed by atoms with Crippen molar-refractivity contribution in [3.63, 3.8) is 0 Å². The molecule has 1 aliphatic heterocycles. The lowest BCUT2D eigenvalue weighted by molar-refractivity contribution is -0.130. The normalized spacial score (nSPS) is 19.1. The molecule has 3 heterocycles. The highest BCUT2D eigenvalue weighted by molar-refractivity contribution is 7.99. The first-order valence-electron chi connectivity index (χ1n) is 7.03. The second-order valence-corrected chi connectivity index (χ2v) is 6.84. The van der Waals surface area contributed by atoms with E-state index in [-0.39, 0.29) is 5.91 Å². The van der Waals surface area contributed by atoms with Gasteiger partial charge in [0.15, 0.2) is 10.8 Å². The van der Waals surface area contributed by atoms with E-state index in [0.29, 0.717) is 27.5 Å². The van der Waals surface area contributed by atoms with E-state index < -0.39 is 0 Å². The van der Waals surface area contributed by atoms with Gasteiger partial charge in [-0.15, -0.1) is 0 Å². The monoisotopic (exact) mass is 324 g/mol. The van der Waals surface area contributed by atoms with Crippen molar-refractivity contribution in [1.82, 2.24) is 19.9 Å². The van der Waals surface area contributed by atoms with Crippen molar-refractivity contribution >= 4 is 40.4 Å². The van der Waals surface area contributed by atoms with Crippen molar-refractivity contribution in [3.05, 3.63) is 17.3 Å². The molecule has 1 atom stereocenters. The maximum Gasteiger partial charge on any atom is 0.233 e. The molecule has 0 aliphatic carbocycles. The van der Waals surface area contributed by atoms with Crippen molar-refractivity contribution in [2.75, 3.05) is 18.8 Å².